The van der Waals surface area contributed by atoms with E-state index in [-0.39, 0.29) is 0 Å². The molecule has 0 aromatic rings. The van der Waals surface area contributed by atoms with Crippen LogP contribution in [-0.2, 0) is 4.74 Å². The van der Waals surface area contributed by atoms with Crippen molar-refractivity contribution in [2.45, 2.75) is 53.2 Å². The van der Waals surface area contributed by atoms with Crippen LogP contribution in [0.25, 0.3) is 0 Å². The Bertz CT molecular complexity index is 213. The zero-order chi connectivity index (χ0) is 12.9. The number of hydrogen-bond donors (Lipinski definition) is 1. The Morgan fingerprint density at radius 2 is 2.12 bits per heavy atom. The zero-order valence-electron chi connectivity index (χ0n) is 12.3. The van der Waals surface area contributed by atoms with E-state index in [9.17, 15) is 0 Å². The molecule has 0 spiro atoms. The molecule has 2 unspecified atom stereocenters. The quantitative estimate of drug-likeness (QED) is 0.799. The van der Waals surface area contributed by atoms with Gasteiger partial charge in [-0.2, -0.15) is 0 Å². The molecule has 1 heterocycles. The van der Waals surface area contributed by atoms with Crippen molar-refractivity contribution in [3.63, 3.8) is 0 Å². The third kappa shape index (κ3) is 5.36. The third-order valence-corrected chi connectivity index (χ3v) is 3.56. The molecule has 1 saturated heterocycles. The van der Waals surface area contributed by atoms with Gasteiger partial charge in [0.25, 0.3) is 0 Å². The lowest BCUT2D eigenvalue weighted by molar-refractivity contribution is -0.0202. The molecule has 102 valence electrons. The molecule has 0 aromatic heterocycles. The van der Waals surface area contributed by atoms with Crippen molar-refractivity contribution in [1.29, 1.82) is 0 Å². The van der Waals surface area contributed by atoms with Gasteiger partial charge < -0.3 is 10.1 Å². The number of morpholine rings is 1. The van der Waals surface area contributed by atoms with Crippen LogP contribution in [0.4, 0.5) is 0 Å². The lowest BCUT2D eigenvalue weighted by atomic mass is 9.84. The Labute approximate surface area is 107 Å². The van der Waals surface area contributed by atoms with Crippen molar-refractivity contribution >= 4 is 0 Å². The second kappa shape index (κ2) is 6.72. The topological polar surface area (TPSA) is 24.5 Å². The SMILES string of the molecule is CCNC(CCN1CCOC(C)C1)C(C)(C)C. The fourth-order valence-corrected chi connectivity index (χ4v) is 2.49. The fraction of sp³-hybridized carbons (Fsp3) is 1.00. The summed E-state index contributed by atoms with van der Waals surface area (Å²) in [5.41, 5.74) is 0.341. The van der Waals surface area contributed by atoms with Gasteiger partial charge in [0.05, 0.1) is 12.7 Å². The lowest BCUT2D eigenvalue weighted by Crippen LogP contribution is -2.46. The maximum atomic E-state index is 5.57. The summed E-state index contributed by atoms with van der Waals surface area (Å²) in [7, 11) is 0. The van der Waals surface area contributed by atoms with Crippen LogP contribution in [0.15, 0.2) is 0 Å². The lowest BCUT2D eigenvalue weighted by Gasteiger charge is -2.36. The Morgan fingerprint density at radius 1 is 1.41 bits per heavy atom. The number of hydrogen-bond acceptors (Lipinski definition) is 3. The first kappa shape index (κ1) is 14.9. The number of rotatable bonds is 5. The first-order valence-corrected chi connectivity index (χ1v) is 7.00. The maximum absolute atomic E-state index is 5.57. The summed E-state index contributed by atoms with van der Waals surface area (Å²) < 4.78 is 5.57. The standard InChI is InChI=1S/C14H30N2O/c1-6-15-13(14(3,4)5)7-8-16-9-10-17-12(2)11-16/h12-13,15H,6-11H2,1-5H3. The molecule has 0 bridgehead atoms. The molecule has 0 aliphatic carbocycles. The smallest absolute Gasteiger partial charge is 0.0674 e. The molecule has 1 N–H and O–H groups in total. The summed E-state index contributed by atoms with van der Waals surface area (Å²) in [5, 5.41) is 3.62. The van der Waals surface area contributed by atoms with Gasteiger partial charge in [-0.25, -0.2) is 0 Å². The van der Waals surface area contributed by atoms with Crippen molar-refractivity contribution in [2.24, 2.45) is 5.41 Å². The van der Waals surface area contributed by atoms with Crippen LogP contribution in [0.5, 0.6) is 0 Å². The summed E-state index contributed by atoms with van der Waals surface area (Å²) in [6.07, 6.45) is 1.63. The van der Waals surface area contributed by atoms with Crippen molar-refractivity contribution in [3.8, 4) is 0 Å². The summed E-state index contributed by atoms with van der Waals surface area (Å²) in [6.45, 7) is 16.6. The molecular weight excluding hydrogens is 212 g/mol. The van der Waals surface area contributed by atoms with Crippen LogP contribution >= 0.6 is 0 Å². The second-order valence-electron chi connectivity index (χ2n) is 6.25. The molecule has 2 atom stereocenters. The number of ether oxygens (including phenoxy) is 1. The van der Waals surface area contributed by atoms with Gasteiger partial charge in [0.15, 0.2) is 0 Å². The van der Waals surface area contributed by atoms with Gasteiger partial charge >= 0.3 is 0 Å². The highest BCUT2D eigenvalue weighted by Crippen LogP contribution is 2.22. The Kier molecular flexibility index (Phi) is 5.90. The van der Waals surface area contributed by atoms with E-state index in [1.165, 1.54) is 13.0 Å². The third-order valence-electron chi connectivity index (χ3n) is 3.56. The van der Waals surface area contributed by atoms with Gasteiger partial charge in [-0.15, -0.1) is 0 Å². The van der Waals surface area contributed by atoms with Gasteiger partial charge in [0.1, 0.15) is 0 Å². The zero-order valence-corrected chi connectivity index (χ0v) is 12.3. The summed E-state index contributed by atoms with van der Waals surface area (Å²) in [5.74, 6) is 0. The van der Waals surface area contributed by atoms with Crippen LogP contribution in [-0.4, -0.2) is 49.8 Å². The van der Waals surface area contributed by atoms with Crippen LogP contribution in [0.1, 0.15) is 41.0 Å². The number of nitrogens with one attached hydrogen (secondary N) is 1. The molecule has 1 fully saturated rings. The first-order valence-electron chi connectivity index (χ1n) is 7.00. The molecule has 0 radical (unpaired) electrons. The molecule has 0 amide bonds. The average molecular weight is 242 g/mol. The number of nitrogens with zero attached hydrogens (tertiary/aromatic N) is 1. The average Bonchev–Trinajstić information content (AvgIpc) is 2.22. The minimum Gasteiger partial charge on any atom is -0.376 e. The van der Waals surface area contributed by atoms with Crippen LogP contribution < -0.4 is 5.32 Å². The van der Waals surface area contributed by atoms with E-state index >= 15 is 0 Å². The van der Waals surface area contributed by atoms with Crippen LogP contribution in [0, 0.1) is 5.41 Å². The normalized spacial score (nSPS) is 24.9. The van der Waals surface area contributed by atoms with E-state index in [0.717, 1.165) is 26.2 Å². The van der Waals surface area contributed by atoms with E-state index in [2.05, 4.69) is 44.8 Å². The summed E-state index contributed by atoms with van der Waals surface area (Å²) in [6, 6.07) is 0.602. The molecule has 17 heavy (non-hydrogen) atoms. The van der Waals surface area contributed by atoms with Gasteiger partial charge in [0.2, 0.25) is 0 Å². The van der Waals surface area contributed by atoms with Gasteiger partial charge in [0, 0.05) is 19.1 Å². The van der Waals surface area contributed by atoms with Crippen molar-refractivity contribution in [1.82, 2.24) is 10.2 Å². The van der Waals surface area contributed by atoms with E-state index in [1.807, 2.05) is 0 Å². The van der Waals surface area contributed by atoms with E-state index in [4.69, 9.17) is 4.74 Å². The molecule has 0 aromatic carbocycles. The van der Waals surface area contributed by atoms with Gasteiger partial charge in [-0.1, -0.05) is 27.7 Å². The minimum atomic E-state index is 0.341. The molecule has 3 heteroatoms. The molecule has 1 rings (SSSR count). The predicted molar refractivity (Wildman–Crippen MR) is 73.4 cm³/mol. The molecule has 1 aliphatic rings. The largest absolute Gasteiger partial charge is 0.376 e. The Hall–Kier alpha value is -0.120. The van der Waals surface area contributed by atoms with Crippen molar-refractivity contribution in [2.75, 3.05) is 32.8 Å². The highest BCUT2D eigenvalue weighted by Gasteiger charge is 2.25. The van der Waals surface area contributed by atoms with Crippen molar-refractivity contribution < 1.29 is 4.74 Å². The molecule has 1 aliphatic heterocycles. The fourth-order valence-electron chi connectivity index (χ4n) is 2.49. The Balaban J connectivity index is 2.35. The summed E-state index contributed by atoms with van der Waals surface area (Å²) in [4.78, 5) is 2.53. The molecular formula is C14H30N2O. The van der Waals surface area contributed by atoms with E-state index in [0.29, 0.717) is 17.6 Å². The minimum absolute atomic E-state index is 0.341. The first-order chi connectivity index (χ1) is 7.93. The van der Waals surface area contributed by atoms with E-state index in [1.54, 1.807) is 0 Å². The van der Waals surface area contributed by atoms with E-state index < -0.39 is 0 Å². The summed E-state index contributed by atoms with van der Waals surface area (Å²) >= 11 is 0. The second-order valence-corrected chi connectivity index (χ2v) is 6.25. The Morgan fingerprint density at radius 3 is 2.65 bits per heavy atom. The van der Waals surface area contributed by atoms with Gasteiger partial charge in [-0.3, -0.25) is 4.90 Å². The van der Waals surface area contributed by atoms with Crippen molar-refractivity contribution in [3.05, 3.63) is 0 Å². The van der Waals surface area contributed by atoms with Crippen LogP contribution in [0.2, 0.25) is 0 Å². The highest BCUT2D eigenvalue weighted by molar-refractivity contribution is 4.81. The monoisotopic (exact) mass is 242 g/mol. The maximum Gasteiger partial charge on any atom is 0.0674 e. The van der Waals surface area contributed by atoms with Gasteiger partial charge in [-0.05, 0) is 31.8 Å². The molecule has 3 nitrogen and oxygen atoms in total. The highest BCUT2D eigenvalue weighted by atomic mass is 16.5. The molecule has 0 saturated carbocycles. The van der Waals surface area contributed by atoms with Crippen LogP contribution in [0.3, 0.4) is 0 Å². The predicted octanol–water partition coefficient (Wildman–Crippen LogP) is 2.12.